The summed E-state index contributed by atoms with van der Waals surface area (Å²) in [5, 5.41) is 0. The van der Waals surface area contributed by atoms with E-state index in [2.05, 4.69) is 4.72 Å². The van der Waals surface area contributed by atoms with Gasteiger partial charge in [0.25, 0.3) is 0 Å². The van der Waals surface area contributed by atoms with Crippen molar-refractivity contribution in [2.75, 3.05) is 19.8 Å². The number of hydrogen-bond donors (Lipinski definition) is 3. The molecule has 1 aliphatic heterocycles. The van der Waals surface area contributed by atoms with Crippen LogP contribution in [0.3, 0.4) is 0 Å². The Bertz CT molecular complexity index is 403. The van der Waals surface area contributed by atoms with E-state index in [1.165, 1.54) is 0 Å². The summed E-state index contributed by atoms with van der Waals surface area (Å²) in [5.41, 5.74) is 4.85. The standard InChI is InChI=1S/C10H21N3O5S/c1-8(2)18-9(14)12-19(15,16)13-10(7-11)3-5-17-6-4-10/h8,13H,3-7,11H2,1-2H3,(H,12,14). The molecule has 1 fully saturated rings. The van der Waals surface area contributed by atoms with Crippen LogP contribution in [0.1, 0.15) is 26.7 Å². The normalized spacial score (nSPS) is 19.2. The van der Waals surface area contributed by atoms with Gasteiger partial charge in [-0.25, -0.2) is 9.52 Å². The van der Waals surface area contributed by atoms with Crippen LogP contribution in [0.4, 0.5) is 4.79 Å². The first-order chi connectivity index (χ1) is 8.79. The summed E-state index contributed by atoms with van der Waals surface area (Å²) in [7, 11) is -4.01. The molecule has 19 heavy (non-hydrogen) atoms. The SMILES string of the molecule is CC(C)OC(=O)NS(=O)(=O)NC1(CN)CCOCC1. The van der Waals surface area contributed by atoms with Crippen molar-refractivity contribution in [3.05, 3.63) is 0 Å². The fourth-order valence-electron chi connectivity index (χ4n) is 1.77. The second-order valence-electron chi connectivity index (χ2n) is 4.76. The Hall–Kier alpha value is -0.900. The van der Waals surface area contributed by atoms with Crippen LogP contribution in [0.2, 0.25) is 0 Å². The molecule has 0 aromatic carbocycles. The smallest absolute Gasteiger partial charge is 0.422 e. The summed E-state index contributed by atoms with van der Waals surface area (Å²) >= 11 is 0. The molecule has 1 saturated heterocycles. The number of carbonyl (C=O) groups is 1. The molecule has 1 aliphatic rings. The molecule has 1 heterocycles. The third-order valence-electron chi connectivity index (χ3n) is 2.75. The van der Waals surface area contributed by atoms with E-state index >= 15 is 0 Å². The van der Waals surface area contributed by atoms with Crippen LogP contribution in [0, 0.1) is 0 Å². The van der Waals surface area contributed by atoms with E-state index < -0.39 is 27.9 Å². The molecule has 9 heteroatoms. The van der Waals surface area contributed by atoms with Crippen molar-refractivity contribution in [2.45, 2.75) is 38.3 Å². The van der Waals surface area contributed by atoms with Crippen LogP contribution in [-0.2, 0) is 19.7 Å². The van der Waals surface area contributed by atoms with E-state index in [0.717, 1.165) is 0 Å². The van der Waals surface area contributed by atoms with Crippen LogP contribution in [-0.4, -0.2) is 45.9 Å². The molecule has 112 valence electrons. The minimum Gasteiger partial charge on any atom is -0.446 e. The maximum atomic E-state index is 11.8. The number of amides is 1. The maximum Gasteiger partial charge on any atom is 0.422 e. The lowest BCUT2D eigenvalue weighted by Gasteiger charge is -2.36. The second-order valence-corrected chi connectivity index (χ2v) is 6.17. The van der Waals surface area contributed by atoms with E-state index in [-0.39, 0.29) is 6.54 Å². The first kappa shape index (κ1) is 16.2. The molecule has 0 bridgehead atoms. The van der Waals surface area contributed by atoms with Crippen molar-refractivity contribution in [3.8, 4) is 0 Å². The summed E-state index contributed by atoms with van der Waals surface area (Å²) in [5.74, 6) is 0. The average molecular weight is 295 g/mol. The van der Waals surface area contributed by atoms with Crippen molar-refractivity contribution < 1.29 is 22.7 Å². The van der Waals surface area contributed by atoms with Gasteiger partial charge in [-0.1, -0.05) is 0 Å². The highest BCUT2D eigenvalue weighted by molar-refractivity contribution is 7.88. The lowest BCUT2D eigenvalue weighted by molar-refractivity contribution is 0.0500. The van der Waals surface area contributed by atoms with Gasteiger partial charge in [0.2, 0.25) is 0 Å². The first-order valence-corrected chi connectivity index (χ1v) is 7.57. The van der Waals surface area contributed by atoms with Gasteiger partial charge in [0.05, 0.1) is 11.6 Å². The Balaban J connectivity index is 2.64. The monoisotopic (exact) mass is 295 g/mol. The predicted molar refractivity (Wildman–Crippen MR) is 68.6 cm³/mol. The van der Waals surface area contributed by atoms with Gasteiger partial charge in [-0.2, -0.15) is 13.1 Å². The fraction of sp³-hybridized carbons (Fsp3) is 0.900. The molecule has 0 saturated carbocycles. The van der Waals surface area contributed by atoms with E-state index in [4.69, 9.17) is 15.2 Å². The second kappa shape index (κ2) is 6.51. The predicted octanol–water partition coefficient (Wildman–Crippen LogP) is -0.537. The van der Waals surface area contributed by atoms with Gasteiger partial charge in [-0.05, 0) is 26.7 Å². The van der Waals surface area contributed by atoms with Gasteiger partial charge < -0.3 is 15.2 Å². The Morgan fingerprint density at radius 1 is 1.42 bits per heavy atom. The molecule has 0 spiro atoms. The number of hydrogen-bond acceptors (Lipinski definition) is 6. The summed E-state index contributed by atoms with van der Waals surface area (Å²) in [6, 6.07) is 0. The van der Waals surface area contributed by atoms with Gasteiger partial charge in [-0.3, -0.25) is 0 Å². The quantitative estimate of drug-likeness (QED) is 0.627. The number of rotatable bonds is 5. The van der Waals surface area contributed by atoms with Crippen LogP contribution in [0.5, 0.6) is 0 Å². The molecule has 4 N–H and O–H groups in total. The van der Waals surface area contributed by atoms with E-state index in [9.17, 15) is 13.2 Å². The summed E-state index contributed by atoms with van der Waals surface area (Å²) in [6.07, 6.45) is -0.490. The molecule has 0 radical (unpaired) electrons. The Labute approximate surface area is 113 Å². The molecular weight excluding hydrogens is 274 g/mol. The van der Waals surface area contributed by atoms with Gasteiger partial charge in [0.1, 0.15) is 0 Å². The molecule has 1 rings (SSSR count). The van der Waals surface area contributed by atoms with Gasteiger partial charge >= 0.3 is 16.3 Å². The zero-order valence-electron chi connectivity index (χ0n) is 11.1. The minimum atomic E-state index is -4.01. The van der Waals surface area contributed by atoms with Gasteiger partial charge in [-0.15, -0.1) is 0 Å². The molecule has 0 aromatic rings. The topological polar surface area (TPSA) is 120 Å². The molecule has 0 unspecified atom stereocenters. The van der Waals surface area contributed by atoms with Crippen LogP contribution >= 0.6 is 0 Å². The van der Waals surface area contributed by atoms with Crippen molar-refractivity contribution >= 4 is 16.3 Å². The largest absolute Gasteiger partial charge is 0.446 e. The number of nitrogens with one attached hydrogen (secondary N) is 2. The highest BCUT2D eigenvalue weighted by Gasteiger charge is 2.36. The Morgan fingerprint density at radius 3 is 2.47 bits per heavy atom. The van der Waals surface area contributed by atoms with E-state index in [1.54, 1.807) is 18.6 Å². The first-order valence-electron chi connectivity index (χ1n) is 6.09. The van der Waals surface area contributed by atoms with Crippen molar-refractivity contribution in [3.63, 3.8) is 0 Å². The molecule has 0 aliphatic carbocycles. The third-order valence-corrected chi connectivity index (χ3v) is 3.89. The van der Waals surface area contributed by atoms with Crippen LogP contribution in [0.25, 0.3) is 0 Å². The summed E-state index contributed by atoms with van der Waals surface area (Å²) in [6.45, 7) is 4.24. The zero-order valence-corrected chi connectivity index (χ0v) is 12.0. The number of carbonyl (C=O) groups excluding carboxylic acids is 1. The zero-order chi connectivity index (χ0) is 14.5. The molecule has 8 nitrogen and oxygen atoms in total. The molecular formula is C10H21N3O5S. The van der Waals surface area contributed by atoms with Crippen molar-refractivity contribution in [2.24, 2.45) is 5.73 Å². The van der Waals surface area contributed by atoms with Gasteiger partial charge in [0.15, 0.2) is 0 Å². The maximum absolute atomic E-state index is 11.8. The summed E-state index contributed by atoms with van der Waals surface area (Å²) < 4.78 is 37.8. The average Bonchev–Trinajstić information content (AvgIpc) is 2.27. The summed E-state index contributed by atoms with van der Waals surface area (Å²) in [4.78, 5) is 11.3. The lowest BCUT2D eigenvalue weighted by atomic mass is 9.92. The molecule has 1 amide bonds. The van der Waals surface area contributed by atoms with Crippen molar-refractivity contribution in [1.29, 1.82) is 0 Å². The fourth-order valence-corrected chi connectivity index (χ4v) is 2.94. The van der Waals surface area contributed by atoms with Crippen LogP contribution < -0.4 is 15.2 Å². The molecule has 0 atom stereocenters. The number of nitrogens with two attached hydrogens (primary N) is 1. The Morgan fingerprint density at radius 2 is 2.00 bits per heavy atom. The van der Waals surface area contributed by atoms with Crippen molar-refractivity contribution in [1.82, 2.24) is 9.44 Å². The molecule has 0 aromatic heterocycles. The van der Waals surface area contributed by atoms with E-state index in [1.807, 2.05) is 0 Å². The highest BCUT2D eigenvalue weighted by Crippen LogP contribution is 2.20. The van der Waals surface area contributed by atoms with E-state index in [0.29, 0.717) is 26.1 Å². The van der Waals surface area contributed by atoms with Crippen LogP contribution in [0.15, 0.2) is 0 Å². The number of ether oxygens (including phenoxy) is 2. The lowest BCUT2D eigenvalue weighted by Crippen LogP contribution is -2.59. The third kappa shape index (κ3) is 5.31. The highest BCUT2D eigenvalue weighted by atomic mass is 32.2. The van der Waals surface area contributed by atoms with Gasteiger partial charge in [0, 0.05) is 19.8 Å². The minimum absolute atomic E-state index is 0.135. The Kier molecular flexibility index (Phi) is 5.53.